The number of carbonyl (C=O) groups is 1. The van der Waals surface area contributed by atoms with Crippen LogP contribution in [0.4, 0.5) is 0 Å². The highest BCUT2D eigenvalue weighted by Crippen LogP contribution is 2.13. The first kappa shape index (κ1) is 18.1. The van der Waals surface area contributed by atoms with E-state index in [-0.39, 0.29) is 11.8 Å². The van der Waals surface area contributed by atoms with Gasteiger partial charge in [0.1, 0.15) is 5.75 Å². The van der Waals surface area contributed by atoms with Crippen LogP contribution in [0, 0.1) is 0 Å². The summed E-state index contributed by atoms with van der Waals surface area (Å²) in [7, 11) is -3.45. The Balaban J connectivity index is 2.48. The van der Waals surface area contributed by atoms with Crippen molar-refractivity contribution in [3.05, 3.63) is 34.3 Å². The monoisotopic (exact) mass is 376 g/mol. The summed E-state index contributed by atoms with van der Waals surface area (Å²) in [6.45, 7) is 5.13. The van der Waals surface area contributed by atoms with Gasteiger partial charge in [-0.2, -0.15) is 0 Å². The first-order valence-electron chi connectivity index (χ1n) is 6.77. The zero-order valence-corrected chi connectivity index (χ0v) is 14.6. The molecule has 1 rings (SSSR count). The Morgan fingerprint density at radius 2 is 1.90 bits per heavy atom. The van der Waals surface area contributed by atoms with E-state index >= 15 is 0 Å². The van der Waals surface area contributed by atoms with Gasteiger partial charge in [0, 0.05) is 17.1 Å². The predicted octanol–water partition coefficient (Wildman–Crippen LogP) is 1.48. The van der Waals surface area contributed by atoms with Crippen molar-refractivity contribution >= 4 is 31.7 Å². The smallest absolute Gasteiger partial charge is 0.235 e. The second kappa shape index (κ2) is 8.51. The second-order valence-corrected chi connectivity index (χ2v) is 7.90. The Kier molecular flexibility index (Phi) is 7.34. The van der Waals surface area contributed by atoms with Gasteiger partial charge < -0.3 is 10.6 Å². The van der Waals surface area contributed by atoms with Gasteiger partial charge in [-0.15, -0.1) is 0 Å². The van der Waals surface area contributed by atoms with Crippen molar-refractivity contribution in [1.82, 2.24) is 10.6 Å². The molecule has 5 nitrogen and oxygen atoms in total. The molecule has 1 aromatic rings. The average molecular weight is 377 g/mol. The third kappa shape index (κ3) is 7.59. The number of likely N-dealkylation sites (N-methyl/N-ethyl adjacent to an activating group) is 1. The Labute approximate surface area is 134 Å². The molecule has 0 aliphatic carbocycles. The molecule has 7 heteroatoms. The highest BCUT2D eigenvalue weighted by atomic mass is 79.9. The maximum atomic E-state index is 12.0. The summed E-state index contributed by atoms with van der Waals surface area (Å²) >= 11 is 3.29. The SMILES string of the molecule is CCN[C@H](C)CNC(=O)CS(=O)(=O)Cc1ccc(Br)cc1. The zero-order valence-electron chi connectivity index (χ0n) is 12.2. The molecule has 0 fully saturated rings. The van der Waals surface area contributed by atoms with Crippen molar-refractivity contribution in [2.45, 2.75) is 25.6 Å². The Hall–Kier alpha value is -0.920. The fourth-order valence-electron chi connectivity index (χ4n) is 1.82. The third-order valence-corrected chi connectivity index (χ3v) is 4.81. The van der Waals surface area contributed by atoms with E-state index in [2.05, 4.69) is 26.6 Å². The summed E-state index contributed by atoms with van der Waals surface area (Å²) in [6, 6.07) is 7.14. The van der Waals surface area contributed by atoms with Gasteiger partial charge in [0.25, 0.3) is 0 Å². The summed E-state index contributed by atoms with van der Waals surface area (Å²) in [4.78, 5) is 11.7. The van der Waals surface area contributed by atoms with Crippen LogP contribution >= 0.6 is 15.9 Å². The molecule has 0 spiro atoms. The molecule has 0 saturated carbocycles. The van der Waals surface area contributed by atoms with Gasteiger partial charge in [0.2, 0.25) is 5.91 Å². The number of benzene rings is 1. The number of nitrogens with one attached hydrogen (secondary N) is 2. The third-order valence-electron chi connectivity index (χ3n) is 2.81. The number of hydrogen-bond acceptors (Lipinski definition) is 4. The maximum absolute atomic E-state index is 12.0. The van der Waals surface area contributed by atoms with Crippen molar-refractivity contribution in [1.29, 1.82) is 0 Å². The van der Waals surface area contributed by atoms with E-state index in [9.17, 15) is 13.2 Å². The average Bonchev–Trinajstić information content (AvgIpc) is 2.39. The van der Waals surface area contributed by atoms with Crippen LogP contribution in [-0.4, -0.2) is 39.2 Å². The lowest BCUT2D eigenvalue weighted by atomic mass is 10.2. The quantitative estimate of drug-likeness (QED) is 0.720. The van der Waals surface area contributed by atoms with E-state index in [4.69, 9.17) is 0 Å². The predicted molar refractivity (Wildman–Crippen MR) is 87.8 cm³/mol. The largest absolute Gasteiger partial charge is 0.354 e. The summed E-state index contributed by atoms with van der Waals surface area (Å²) < 4.78 is 24.8. The van der Waals surface area contributed by atoms with Gasteiger partial charge in [-0.1, -0.05) is 35.0 Å². The number of carbonyl (C=O) groups excluding carboxylic acids is 1. The minimum absolute atomic E-state index is 0.119. The van der Waals surface area contributed by atoms with Crippen molar-refractivity contribution in [2.24, 2.45) is 0 Å². The molecular formula is C14H21BrN2O3S. The van der Waals surface area contributed by atoms with Crippen LogP contribution in [-0.2, 0) is 20.4 Å². The molecule has 0 saturated heterocycles. The molecule has 118 valence electrons. The van der Waals surface area contributed by atoms with E-state index in [1.165, 1.54) is 0 Å². The van der Waals surface area contributed by atoms with E-state index < -0.39 is 21.5 Å². The fraction of sp³-hybridized carbons (Fsp3) is 0.500. The van der Waals surface area contributed by atoms with Crippen LogP contribution in [0.5, 0.6) is 0 Å². The Bertz CT molecular complexity index is 558. The molecule has 0 aromatic heterocycles. The van der Waals surface area contributed by atoms with Crippen LogP contribution in [0.25, 0.3) is 0 Å². The van der Waals surface area contributed by atoms with Crippen LogP contribution in [0.2, 0.25) is 0 Å². The first-order valence-corrected chi connectivity index (χ1v) is 9.39. The van der Waals surface area contributed by atoms with Crippen molar-refractivity contribution in [3.63, 3.8) is 0 Å². The first-order chi connectivity index (χ1) is 9.82. The number of sulfone groups is 1. The topological polar surface area (TPSA) is 75.3 Å². The van der Waals surface area contributed by atoms with E-state index in [0.717, 1.165) is 11.0 Å². The lowest BCUT2D eigenvalue weighted by Crippen LogP contribution is -2.41. The van der Waals surface area contributed by atoms with Crippen molar-refractivity contribution in [3.8, 4) is 0 Å². The molecule has 0 heterocycles. The van der Waals surface area contributed by atoms with Crippen molar-refractivity contribution < 1.29 is 13.2 Å². The molecule has 0 bridgehead atoms. The molecule has 1 atom stereocenters. The van der Waals surface area contributed by atoms with Gasteiger partial charge in [0.15, 0.2) is 9.84 Å². The molecule has 0 aliphatic rings. The van der Waals surface area contributed by atoms with Crippen LogP contribution in [0.3, 0.4) is 0 Å². The fourth-order valence-corrected chi connectivity index (χ4v) is 3.39. The summed E-state index contributed by atoms with van der Waals surface area (Å²) in [5, 5.41) is 5.77. The van der Waals surface area contributed by atoms with Gasteiger partial charge in [0.05, 0.1) is 5.75 Å². The lowest BCUT2D eigenvalue weighted by molar-refractivity contribution is -0.118. The minimum atomic E-state index is -3.45. The summed E-state index contributed by atoms with van der Waals surface area (Å²) in [6.07, 6.45) is 0. The normalized spacial score (nSPS) is 12.9. The molecule has 0 aliphatic heterocycles. The summed E-state index contributed by atoms with van der Waals surface area (Å²) in [5.74, 6) is -1.07. The number of halogens is 1. The Morgan fingerprint density at radius 1 is 1.29 bits per heavy atom. The molecule has 1 aromatic carbocycles. The molecule has 21 heavy (non-hydrogen) atoms. The highest BCUT2D eigenvalue weighted by molar-refractivity contribution is 9.10. The van der Waals surface area contributed by atoms with E-state index in [1.54, 1.807) is 24.3 Å². The van der Waals surface area contributed by atoms with E-state index in [0.29, 0.717) is 12.1 Å². The van der Waals surface area contributed by atoms with Gasteiger partial charge in [-0.3, -0.25) is 4.79 Å². The highest BCUT2D eigenvalue weighted by Gasteiger charge is 2.17. The molecule has 0 radical (unpaired) electrons. The number of hydrogen-bond donors (Lipinski definition) is 2. The van der Waals surface area contributed by atoms with Crippen LogP contribution in [0.1, 0.15) is 19.4 Å². The number of amides is 1. The molecular weight excluding hydrogens is 356 g/mol. The standard InChI is InChI=1S/C14H21BrN2O3S/c1-3-16-11(2)8-17-14(18)10-21(19,20)9-12-4-6-13(15)7-5-12/h4-7,11,16H,3,8-10H2,1-2H3,(H,17,18)/t11-/m1/s1. The zero-order chi connectivity index (χ0) is 15.9. The van der Waals surface area contributed by atoms with E-state index in [1.807, 2.05) is 13.8 Å². The van der Waals surface area contributed by atoms with Gasteiger partial charge >= 0.3 is 0 Å². The second-order valence-electron chi connectivity index (χ2n) is 4.92. The molecule has 0 unspecified atom stereocenters. The maximum Gasteiger partial charge on any atom is 0.235 e. The lowest BCUT2D eigenvalue weighted by Gasteiger charge is -2.13. The molecule has 2 N–H and O–H groups in total. The van der Waals surface area contributed by atoms with Gasteiger partial charge in [-0.25, -0.2) is 8.42 Å². The minimum Gasteiger partial charge on any atom is -0.354 e. The van der Waals surface area contributed by atoms with Gasteiger partial charge in [-0.05, 0) is 31.2 Å². The van der Waals surface area contributed by atoms with Crippen LogP contribution in [0.15, 0.2) is 28.7 Å². The summed E-state index contributed by atoms with van der Waals surface area (Å²) in [5.41, 5.74) is 0.673. The van der Waals surface area contributed by atoms with Crippen LogP contribution < -0.4 is 10.6 Å². The molecule has 1 amide bonds. The number of rotatable bonds is 8. The van der Waals surface area contributed by atoms with Crippen molar-refractivity contribution in [2.75, 3.05) is 18.8 Å². The Morgan fingerprint density at radius 3 is 2.48 bits per heavy atom.